The molecular formula is C13H13BrN2O2S. The van der Waals surface area contributed by atoms with E-state index in [0.29, 0.717) is 0 Å². The van der Waals surface area contributed by atoms with Crippen molar-refractivity contribution in [2.45, 2.75) is 6.42 Å². The second kappa shape index (κ2) is 6.27. The first kappa shape index (κ1) is 14.2. The topological polar surface area (TPSA) is 42.4 Å². The third-order valence-corrected chi connectivity index (χ3v) is 4.01. The van der Waals surface area contributed by atoms with Crippen molar-refractivity contribution in [2.75, 3.05) is 14.2 Å². The largest absolute Gasteiger partial charge is 0.275 e. The van der Waals surface area contributed by atoms with Crippen molar-refractivity contribution in [1.29, 1.82) is 0 Å². The molecule has 0 aliphatic carbocycles. The molecule has 0 N–H and O–H groups in total. The van der Waals surface area contributed by atoms with Gasteiger partial charge in [0.15, 0.2) is 0 Å². The fraction of sp³-hybridized carbons (Fsp3) is 0.231. The molecule has 0 radical (unpaired) electrons. The molecule has 1 aromatic heterocycles. The van der Waals surface area contributed by atoms with Crippen molar-refractivity contribution in [1.82, 2.24) is 10.0 Å². The van der Waals surface area contributed by atoms with Gasteiger partial charge in [-0.25, -0.2) is 10.0 Å². The van der Waals surface area contributed by atoms with Crippen molar-refractivity contribution >= 4 is 33.2 Å². The summed E-state index contributed by atoms with van der Waals surface area (Å²) >= 11 is 4.96. The Hall–Kier alpha value is -1.24. The molecule has 4 nitrogen and oxygen atoms in total. The van der Waals surface area contributed by atoms with E-state index >= 15 is 0 Å². The van der Waals surface area contributed by atoms with Crippen LogP contribution in [0, 0.1) is 0 Å². The lowest BCUT2D eigenvalue weighted by atomic mass is 10.2. The Morgan fingerprint density at radius 1 is 1.53 bits per heavy atom. The van der Waals surface area contributed by atoms with Gasteiger partial charge in [-0.2, -0.15) is 0 Å². The minimum atomic E-state index is -0.117. The van der Waals surface area contributed by atoms with E-state index in [-0.39, 0.29) is 12.3 Å². The van der Waals surface area contributed by atoms with Gasteiger partial charge in [0.05, 0.1) is 19.2 Å². The van der Waals surface area contributed by atoms with Crippen LogP contribution in [0.15, 0.2) is 34.1 Å². The zero-order valence-corrected chi connectivity index (χ0v) is 13.0. The Morgan fingerprint density at radius 2 is 2.32 bits per heavy atom. The van der Waals surface area contributed by atoms with Gasteiger partial charge in [0.1, 0.15) is 5.01 Å². The van der Waals surface area contributed by atoms with Gasteiger partial charge in [0.2, 0.25) is 0 Å². The molecular weight excluding hydrogens is 328 g/mol. The number of amides is 1. The highest BCUT2D eigenvalue weighted by molar-refractivity contribution is 9.10. The molecule has 0 aliphatic rings. The number of benzene rings is 1. The average molecular weight is 341 g/mol. The fourth-order valence-corrected chi connectivity index (χ4v) is 2.73. The molecule has 0 aliphatic heterocycles. The number of thiazole rings is 1. The van der Waals surface area contributed by atoms with Crippen molar-refractivity contribution in [3.05, 3.63) is 39.8 Å². The van der Waals surface area contributed by atoms with Crippen LogP contribution in [-0.4, -0.2) is 30.1 Å². The molecule has 19 heavy (non-hydrogen) atoms. The first-order valence-electron chi connectivity index (χ1n) is 5.61. The highest BCUT2D eigenvalue weighted by Crippen LogP contribution is 2.26. The summed E-state index contributed by atoms with van der Waals surface area (Å²) in [6, 6.07) is 7.93. The minimum absolute atomic E-state index is 0.117. The summed E-state index contributed by atoms with van der Waals surface area (Å²) in [5.41, 5.74) is 1.80. The maximum Gasteiger partial charge on any atom is 0.251 e. The molecule has 0 spiro atoms. The number of hydrogen-bond acceptors (Lipinski definition) is 4. The Morgan fingerprint density at radius 3 is 3.00 bits per heavy atom. The van der Waals surface area contributed by atoms with Crippen LogP contribution in [0.1, 0.15) is 5.69 Å². The van der Waals surface area contributed by atoms with E-state index in [9.17, 15) is 4.79 Å². The van der Waals surface area contributed by atoms with E-state index in [2.05, 4.69) is 20.9 Å². The van der Waals surface area contributed by atoms with Gasteiger partial charge >= 0.3 is 0 Å². The van der Waals surface area contributed by atoms with Crippen LogP contribution in [0.4, 0.5) is 0 Å². The quantitative estimate of drug-likeness (QED) is 0.803. The highest BCUT2D eigenvalue weighted by Gasteiger charge is 2.12. The summed E-state index contributed by atoms with van der Waals surface area (Å²) in [5, 5.41) is 4.01. The number of hydroxylamine groups is 2. The minimum Gasteiger partial charge on any atom is -0.275 e. The van der Waals surface area contributed by atoms with Crippen LogP contribution in [0.25, 0.3) is 10.6 Å². The fourth-order valence-electron chi connectivity index (χ4n) is 1.51. The smallest absolute Gasteiger partial charge is 0.251 e. The summed E-state index contributed by atoms with van der Waals surface area (Å²) < 4.78 is 1.01. The molecule has 6 heteroatoms. The van der Waals surface area contributed by atoms with E-state index in [4.69, 9.17) is 4.84 Å². The second-order valence-corrected chi connectivity index (χ2v) is 5.68. The lowest BCUT2D eigenvalue weighted by molar-refractivity contribution is -0.167. The van der Waals surface area contributed by atoms with Gasteiger partial charge < -0.3 is 0 Å². The van der Waals surface area contributed by atoms with Crippen molar-refractivity contribution in [3.8, 4) is 10.6 Å². The highest BCUT2D eigenvalue weighted by atomic mass is 79.9. The maximum absolute atomic E-state index is 11.7. The third-order valence-electron chi connectivity index (χ3n) is 2.58. The Labute approximate surface area is 124 Å². The summed E-state index contributed by atoms with van der Waals surface area (Å²) in [6.45, 7) is 0. The van der Waals surface area contributed by atoms with Gasteiger partial charge in [-0.05, 0) is 12.1 Å². The standard InChI is InChI=1S/C13H13BrN2O2S/c1-16(18-2)12(17)7-11-8-19-13(15-11)9-4-3-5-10(14)6-9/h3-6,8H,7H2,1-2H3. The summed E-state index contributed by atoms with van der Waals surface area (Å²) in [7, 11) is 3.05. The molecule has 100 valence electrons. The molecule has 1 aromatic carbocycles. The van der Waals surface area contributed by atoms with Crippen LogP contribution in [0.5, 0.6) is 0 Å². The molecule has 1 heterocycles. The van der Waals surface area contributed by atoms with Gasteiger partial charge in [-0.15, -0.1) is 11.3 Å². The normalized spacial score (nSPS) is 10.5. The molecule has 0 saturated heterocycles. The first-order chi connectivity index (χ1) is 9.10. The molecule has 0 saturated carbocycles. The van der Waals surface area contributed by atoms with Crippen LogP contribution < -0.4 is 0 Å². The summed E-state index contributed by atoms with van der Waals surface area (Å²) in [5.74, 6) is -0.117. The predicted molar refractivity (Wildman–Crippen MR) is 78.7 cm³/mol. The lowest BCUT2D eigenvalue weighted by Crippen LogP contribution is -2.27. The number of carbonyl (C=O) groups is 1. The monoisotopic (exact) mass is 340 g/mol. The van der Waals surface area contributed by atoms with Gasteiger partial charge in [0, 0.05) is 22.5 Å². The van der Waals surface area contributed by atoms with Gasteiger partial charge in [0.25, 0.3) is 5.91 Å². The van der Waals surface area contributed by atoms with Crippen LogP contribution in [0.2, 0.25) is 0 Å². The maximum atomic E-state index is 11.7. The zero-order valence-electron chi connectivity index (χ0n) is 10.6. The van der Waals surface area contributed by atoms with E-state index < -0.39 is 0 Å². The molecule has 2 rings (SSSR count). The molecule has 2 aromatic rings. The van der Waals surface area contributed by atoms with Crippen LogP contribution >= 0.6 is 27.3 Å². The number of rotatable bonds is 4. The van der Waals surface area contributed by atoms with E-state index in [1.54, 1.807) is 7.05 Å². The van der Waals surface area contributed by atoms with Crippen molar-refractivity contribution in [3.63, 3.8) is 0 Å². The van der Waals surface area contributed by atoms with E-state index in [1.807, 2.05) is 29.6 Å². The molecule has 0 atom stereocenters. The molecule has 0 bridgehead atoms. The third kappa shape index (κ3) is 3.62. The first-order valence-corrected chi connectivity index (χ1v) is 7.28. The number of nitrogens with zero attached hydrogens (tertiary/aromatic N) is 2. The zero-order chi connectivity index (χ0) is 13.8. The number of halogens is 1. The number of aromatic nitrogens is 1. The van der Waals surface area contributed by atoms with E-state index in [0.717, 1.165) is 20.7 Å². The van der Waals surface area contributed by atoms with Crippen molar-refractivity contribution < 1.29 is 9.63 Å². The Kier molecular flexibility index (Phi) is 4.68. The summed E-state index contributed by atoms with van der Waals surface area (Å²) in [6.07, 6.45) is 0.245. The average Bonchev–Trinajstić information content (AvgIpc) is 2.86. The summed E-state index contributed by atoms with van der Waals surface area (Å²) in [4.78, 5) is 21.0. The van der Waals surface area contributed by atoms with Crippen LogP contribution in [0.3, 0.4) is 0 Å². The van der Waals surface area contributed by atoms with Crippen molar-refractivity contribution in [2.24, 2.45) is 0 Å². The second-order valence-electron chi connectivity index (χ2n) is 3.90. The lowest BCUT2D eigenvalue weighted by Gasteiger charge is -2.12. The molecule has 1 amide bonds. The van der Waals surface area contributed by atoms with E-state index in [1.165, 1.54) is 23.5 Å². The molecule has 0 unspecified atom stereocenters. The predicted octanol–water partition coefficient (Wildman–Crippen LogP) is 3.13. The Balaban J connectivity index is 2.13. The number of carbonyl (C=O) groups excluding carboxylic acids is 1. The molecule has 0 fully saturated rings. The number of likely N-dealkylation sites (N-methyl/N-ethyl adjacent to an activating group) is 1. The van der Waals surface area contributed by atoms with Gasteiger partial charge in [-0.3, -0.25) is 9.63 Å². The Bertz CT molecular complexity index is 586. The number of hydrogen-bond donors (Lipinski definition) is 0. The SMILES string of the molecule is CON(C)C(=O)Cc1csc(-c2cccc(Br)c2)n1. The van der Waals surface area contributed by atoms with Gasteiger partial charge in [-0.1, -0.05) is 28.1 Å². The van der Waals surface area contributed by atoms with Crippen LogP contribution in [-0.2, 0) is 16.1 Å².